The zero-order valence-corrected chi connectivity index (χ0v) is 21.2. The van der Waals surface area contributed by atoms with Gasteiger partial charge in [0, 0.05) is 6.04 Å². The Morgan fingerprint density at radius 2 is 1.86 bits per heavy atom. The molecule has 5 rings (SSSR count). The van der Waals surface area contributed by atoms with Crippen molar-refractivity contribution in [2.24, 2.45) is 11.8 Å². The summed E-state index contributed by atoms with van der Waals surface area (Å²) in [6, 6.07) is 15.6. The number of aryl methyl sites for hydroxylation is 1. The summed E-state index contributed by atoms with van der Waals surface area (Å²) < 4.78 is 3.48. The van der Waals surface area contributed by atoms with E-state index in [0.717, 1.165) is 30.5 Å². The molecular weight excluding hydrogens is 458 g/mol. The maximum atomic E-state index is 13.5. The molecule has 4 aromatic rings. The lowest BCUT2D eigenvalue weighted by Crippen LogP contribution is -2.44. The Kier molecular flexibility index (Phi) is 6.65. The summed E-state index contributed by atoms with van der Waals surface area (Å²) in [5.74, 6) is 1.79. The number of hydrogen-bond acceptors (Lipinski definition) is 5. The van der Waals surface area contributed by atoms with Gasteiger partial charge in [0.2, 0.25) is 11.7 Å². The number of para-hydroxylation sites is 1. The number of hydrogen-bond donors (Lipinski definition) is 1. The largest absolute Gasteiger partial charge is 0.352 e. The summed E-state index contributed by atoms with van der Waals surface area (Å²) in [6.07, 6.45) is 4.34. The van der Waals surface area contributed by atoms with Crippen molar-refractivity contribution in [1.82, 2.24) is 24.5 Å². The van der Waals surface area contributed by atoms with Crippen molar-refractivity contribution in [3.8, 4) is 5.69 Å². The maximum Gasteiger partial charge on any atom is 0.267 e. The second-order valence-electron chi connectivity index (χ2n) is 9.53. The highest BCUT2D eigenvalue weighted by Gasteiger charge is 2.28. The van der Waals surface area contributed by atoms with E-state index in [0.29, 0.717) is 28.2 Å². The van der Waals surface area contributed by atoms with E-state index in [1.165, 1.54) is 23.7 Å². The Morgan fingerprint density at radius 3 is 2.63 bits per heavy atom. The van der Waals surface area contributed by atoms with E-state index in [1.807, 2.05) is 52.9 Å². The Labute approximate surface area is 208 Å². The summed E-state index contributed by atoms with van der Waals surface area (Å²) in [6.45, 7) is 6.59. The predicted octanol–water partition coefficient (Wildman–Crippen LogP) is 4.63. The van der Waals surface area contributed by atoms with Crippen LogP contribution in [-0.2, 0) is 11.2 Å². The zero-order chi connectivity index (χ0) is 24.5. The van der Waals surface area contributed by atoms with E-state index in [9.17, 15) is 9.59 Å². The fourth-order valence-electron chi connectivity index (χ4n) is 5.05. The first-order valence-corrected chi connectivity index (χ1v) is 13.4. The first kappa shape index (κ1) is 23.6. The number of aromatic nitrogens is 4. The highest BCUT2D eigenvalue weighted by molar-refractivity contribution is 7.99. The maximum absolute atomic E-state index is 13.5. The van der Waals surface area contributed by atoms with Gasteiger partial charge in [0.05, 0.1) is 22.3 Å². The number of benzene rings is 2. The summed E-state index contributed by atoms with van der Waals surface area (Å²) in [7, 11) is 0. The molecule has 7 nitrogen and oxygen atoms in total. The van der Waals surface area contributed by atoms with Crippen LogP contribution in [0.3, 0.4) is 0 Å². The summed E-state index contributed by atoms with van der Waals surface area (Å²) in [5, 5.41) is 13.2. The van der Waals surface area contributed by atoms with E-state index in [2.05, 4.69) is 36.3 Å². The average Bonchev–Trinajstić information content (AvgIpc) is 3.30. The highest BCUT2D eigenvalue weighted by Crippen LogP contribution is 2.30. The standard InChI is InChI=1S/C27H31N5O2S/c1-4-19-12-14-20(15-13-19)31-25(34)21-9-5-6-11-23(21)32-26(31)29-30-27(32)35-16-24(33)28-22-10-7-8-17(2)18(22)3/h5-6,9,11-15,17-18,22H,4,7-8,10,16H2,1-3H3,(H,28,33). The second-order valence-corrected chi connectivity index (χ2v) is 10.5. The van der Waals surface area contributed by atoms with Crippen molar-refractivity contribution >= 4 is 34.3 Å². The molecule has 0 bridgehead atoms. The lowest BCUT2D eigenvalue weighted by atomic mass is 9.78. The number of nitrogens with one attached hydrogen (secondary N) is 1. The van der Waals surface area contributed by atoms with Crippen LogP contribution >= 0.6 is 11.8 Å². The van der Waals surface area contributed by atoms with E-state index >= 15 is 0 Å². The molecule has 0 radical (unpaired) electrons. The molecule has 3 unspecified atom stereocenters. The minimum atomic E-state index is -0.139. The Balaban J connectivity index is 1.49. The Morgan fingerprint density at radius 1 is 1.09 bits per heavy atom. The average molecular weight is 490 g/mol. The van der Waals surface area contributed by atoms with Gasteiger partial charge in [-0.1, -0.05) is 69.6 Å². The van der Waals surface area contributed by atoms with Crippen molar-refractivity contribution in [2.45, 2.75) is 57.7 Å². The molecule has 0 saturated heterocycles. The van der Waals surface area contributed by atoms with E-state index in [1.54, 1.807) is 4.57 Å². The van der Waals surface area contributed by atoms with Gasteiger partial charge in [-0.3, -0.25) is 14.0 Å². The van der Waals surface area contributed by atoms with Crippen LogP contribution in [0.2, 0.25) is 0 Å². The lowest BCUT2D eigenvalue weighted by Gasteiger charge is -2.34. The van der Waals surface area contributed by atoms with Crippen LogP contribution in [0.15, 0.2) is 58.5 Å². The molecule has 3 atom stereocenters. The van der Waals surface area contributed by atoms with Crippen LogP contribution in [0, 0.1) is 11.8 Å². The fraction of sp³-hybridized carbons (Fsp3) is 0.407. The SMILES string of the molecule is CCc1ccc(-n2c(=O)c3ccccc3n3c(SCC(=O)NC4CCCC(C)C4C)nnc23)cc1. The van der Waals surface area contributed by atoms with Gasteiger partial charge in [-0.05, 0) is 54.5 Å². The number of rotatable bonds is 6. The smallest absolute Gasteiger partial charge is 0.267 e. The molecule has 2 heterocycles. The summed E-state index contributed by atoms with van der Waals surface area (Å²) >= 11 is 1.35. The van der Waals surface area contributed by atoms with Crippen molar-refractivity contribution in [2.75, 3.05) is 5.75 Å². The summed E-state index contributed by atoms with van der Waals surface area (Å²) in [4.78, 5) is 26.3. The molecule has 182 valence electrons. The number of thioether (sulfide) groups is 1. The van der Waals surface area contributed by atoms with Crippen molar-refractivity contribution < 1.29 is 4.79 Å². The number of carbonyl (C=O) groups is 1. The third-order valence-corrected chi connectivity index (χ3v) is 8.31. The molecule has 0 spiro atoms. The number of fused-ring (bicyclic) bond motifs is 3. The second kappa shape index (κ2) is 9.85. The molecule has 1 saturated carbocycles. The normalized spacial score (nSPS) is 20.4. The monoisotopic (exact) mass is 489 g/mol. The molecular formula is C27H31N5O2S. The molecule has 2 aromatic carbocycles. The van der Waals surface area contributed by atoms with Gasteiger partial charge in [-0.25, -0.2) is 4.57 Å². The van der Waals surface area contributed by atoms with Crippen LogP contribution in [-0.4, -0.2) is 36.9 Å². The van der Waals surface area contributed by atoms with Gasteiger partial charge in [0.15, 0.2) is 5.16 Å². The number of nitrogens with zero attached hydrogens (tertiary/aromatic N) is 4. The predicted molar refractivity (Wildman–Crippen MR) is 140 cm³/mol. The van der Waals surface area contributed by atoms with Crippen LogP contribution in [0.4, 0.5) is 0 Å². The molecule has 0 aliphatic heterocycles. The third kappa shape index (κ3) is 4.47. The van der Waals surface area contributed by atoms with E-state index in [4.69, 9.17) is 0 Å². The molecule has 35 heavy (non-hydrogen) atoms. The van der Waals surface area contributed by atoms with Gasteiger partial charge in [0.1, 0.15) is 0 Å². The van der Waals surface area contributed by atoms with Crippen molar-refractivity contribution in [3.05, 3.63) is 64.4 Å². The van der Waals surface area contributed by atoms with Gasteiger partial charge in [-0.2, -0.15) is 0 Å². The lowest BCUT2D eigenvalue weighted by molar-refractivity contribution is -0.120. The topological polar surface area (TPSA) is 81.3 Å². The van der Waals surface area contributed by atoms with E-state index in [-0.39, 0.29) is 23.3 Å². The highest BCUT2D eigenvalue weighted by atomic mass is 32.2. The van der Waals surface area contributed by atoms with Gasteiger partial charge in [0.25, 0.3) is 5.56 Å². The van der Waals surface area contributed by atoms with Crippen molar-refractivity contribution in [3.63, 3.8) is 0 Å². The third-order valence-electron chi connectivity index (χ3n) is 7.38. The molecule has 1 aliphatic carbocycles. The van der Waals surface area contributed by atoms with Gasteiger partial charge in [-0.15, -0.1) is 10.2 Å². The van der Waals surface area contributed by atoms with E-state index < -0.39 is 0 Å². The van der Waals surface area contributed by atoms with Gasteiger partial charge < -0.3 is 5.32 Å². The van der Waals surface area contributed by atoms with Crippen LogP contribution < -0.4 is 10.9 Å². The molecule has 1 N–H and O–H groups in total. The zero-order valence-electron chi connectivity index (χ0n) is 20.4. The molecule has 8 heteroatoms. The number of amides is 1. The fourth-order valence-corrected chi connectivity index (χ4v) is 5.80. The molecule has 2 aromatic heterocycles. The van der Waals surface area contributed by atoms with Gasteiger partial charge >= 0.3 is 0 Å². The molecule has 1 aliphatic rings. The molecule has 1 fully saturated rings. The van der Waals surface area contributed by atoms with Crippen LogP contribution in [0.5, 0.6) is 0 Å². The quantitative estimate of drug-likeness (QED) is 0.400. The summed E-state index contributed by atoms with van der Waals surface area (Å²) in [5.41, 5.74) is 2.53. The van der Waals surface area contributed by atoms with Crippen molar-refractivity contribution in [1.29, 1.82) is 0 Å². The molecule has 1 amide bonds. The van der Waals surface area contributed by atoms with Crippen LogP contribution in [0.25, 0.3) is 22.4 Å². The minimum Gasteiger partial charge on any atom is -0.352 e. The Hall–Kier alpha value is -3.13. The first-order valence-electron chi connectivity index (χ1n) is 12.4. The number of carbonyl (C=O) groups excluding carboxylic acids is 1. The minimum absolute atomic E-state index is 0.00508. The Bertz CT molecular complexity index is 1430. The first-order chi connectivity index (χ1) is 17.0. The van der Waals surface area contributed by atoms with Crippen LogP contribution in [0.1, 0.15) is 45.6 Å².